The number of nitrogens with two attached hydrogens (primary N) is 1. The minimum atomic E-state index is -4.84. The maximum Gasteiger partial charge on any atom is 0.470 e. The second-order valence-corrected chi connectivity index (χ2v) is 3.37. The van der Waals surface area contributed by atoms with Gasteiger partial charge in [-0.15, -0.1) is 0 Å². The molecular formula is C4H10NO7P. The van der Waals surface area contributed by atoms with Gasteiger partial charge in [0.1, 0.15) is 12.1 Å². The van der Waals surface area contributed by atoms with Crippen LogP contribution in [0.1, 0.15) is 0 Å². The van der Waals surface area contributed by atoms with E-state index in [0.717, 1.165) is 0 Å². The summed E-state index contributed by atoms with van der Waals surface area (Å²) in [5.41, 5.74) is 4.95. The highest BCUT2D eigenvalue weighted by atomic mass is 31.2. The third-order valence-corrected chi connectivity index (χ3v) is 1.68. The molecule has 13 heavy (non-hydrogen) atoms. The molecule has 0 aliphatic heterocycles. The first-order chi connectivity index (χ1) is 5.78. The van der Waals surface area contributed by atoms with E-state index in [4.69, 9.17) is 25.7 Å². The molecule has 1 unspecified atom stereocenters. The zero-order chi connectivity index (χ0) is 10.6. The molecule has 6 N–H and O–H groups in total. The van der Waals surface area contributed by atoms with E-state index < -0.39 is 32.5 Å². The van der Waals surface area contributed by atoms with E-state index in [1.54, 1.807) is 0 Å². The van der Waals surface area contributed by atoms with Gasteiger partial charge in [-0.3, -0.25) is 9.32 Å². The highest BCUT2D eigenvalue weighted by Crippen LogP contribution is 2.37. The van der Waals surface area contributed by atoms with Crippen LogP contribution in [0.25, 0.3) is 0 Å². The van der Waals surface area contributed by atoms with Gasteiger partial charge in [0.25, 0.3) is 0 Å². The highest BCUT2D eigenvalue weighted by Gasteiger charge is 2.30. The Kier molecular flexibility index (Phi) is 4.48. The van der Waals surface area contributed by atoms with Crippen LogP contribution in [0.4, 0.5) is 0 Å². The number of aliphatic carboxylic acids is 1. The second kappa shape index (κ2) is 4.66. The van der Waals surface area contributed by atoms with Crippen LogP contribution in [0.15, 0.2) is 0 Å². The molecule has 2 atom stereocenters. The topological polar surface area (TPSA) is 150 Å². The van der Waals surface area contributed by atoms with Gasteiger partial charge in [-0.25, -0.2) is 4.57 Å². The van der Waals surface area contributed by atoms with Crippen LogP contribution in [-0.4, -0.2) is 44.7 Å². The first kappa shape index (κ1) is 12.5. The number of rotatable bonds is 5. The molecule has 9 heteroatoms. The van der Waals surface area contributed by atoms with Gasteiger partial charge in [-0.05, 0) is 0 Å². The molecule has 0 radical (unpaired) electrons. The number of phosphoric ester groups is 1. The second-order valence-electron chi connectivity index (χ2n) is 2.18. The molecule has 0 amide bonds. The first-order valence-electron chi connectivity index (χ1n) is 3.11. The Hall–Kier alpha value is -0.500. The Morgan fingerprint density at radius 1 is 1.54 bits per heavy atom. The third-order valence-electron chi connectivity index (χ3n) is 1.14. The fourth-order valence-corrected chi connectivity index (χ4v) is 1.10. The SMILES string of the molecule is N[C@H](C(=O)O)C(CO)OP(=O)(O)O. The zero-order valence-electron chi connectivity index (χ0n) is 6.40. The Labute approximate surface area is 73.2 Å². The summed E-state index contributed by atoms with van der Waals surface area (Å²) in [5, 5.41) is 16.8. The normalized spacial score (nSPS) is 16.6. The zero-order valence-corrected chi connectivity index (χ0v) is 7.29. The average molecular weight is 215 g/mol. The van der Waals surface area contributed by atoms with Crippen molar-refractivity contribution in [2.75, 3.05) is 6.61 Å². The molecule has 0 aromatic rings. The first-order valence-corrected chi connectivity index (χ1v) is 4.64. The van der Waals surface area contributed by atoms with Gasteiger partial charge >= 0.3 is 13.8 Å². The van der Waals surface area contributed by atoms with Crippen molar-refractivity contribution in [3.8, 4) is 0 Å². The fourth-order valence-electron chi connectivity index (χ4n) is 0.548. The lowest BCUT2D eigenvalue weighted by atomic mass is 10.2. The van der Waals surface area contributed by atoms with Crippen molar-refractivity contribution in [2.45, 2.75) is 12.1 Å². The predicted octanol–water partition coefficient (Wildman–Crippen LogP) is -2.13. The van der Waals surface area contributed by atoms with E-state index in [-0.39, 0.29) is 0 Å². The number of aliphatic hydroxyl groups excluding tert-OH is 1. The Bertz CT molecular complexity index is 225. The van der Waals surface area contributed by atoms with Crippen molar-refractivity contribution in [1.82, 2.24) is 0 Å². The molecule has 0 rings (SSSR count). The maximum absolute atomic E-state index is 10.2. The van der Waals surface area contributed by atoms with Gasteiger partial charge in [-0.2, -0.15) is 0 Å². The van der Waals surface area contributed by atoms with E-state index in [2.05, 4.69) is 4.52 Å². The minimum Gasteiger partial charge on any atom is -0.480 e. The van der Waals surface area contributed by atoms with Crippen LogP contribution in [0.5, 0.6) is 0 Å². The maximum atomic E-state index is 10.2. The molecule has 0 aliphatic carbocycles. The van der Waals surface area contributed by atoms with E-state index in [1.807, 2.05) is 0 Å². The fraction of sp³-hybridized carbons (Fsp3) is 0.750. The number of hydrogen-bond acceptors (Lipinski definition) is 5. The molecular weight excluding hydrogens is 205 g/mol. The standard InChI is InChI=1S/C4H10NO7P/c5-3(4(7)8)2(1-6)12-13(9,10)11/h2-3,6H,1,5H2,(H,7,8)(H2,9,10,11)/t2?,3-/m0/s1. The van der Waals surface area contributed by atoms with Crippen molar-refractivity contribution in [2.24, 2.45) is 5.73 Å². The molecule has 8 nitrogen and oxygen atoms in total. The van der Waals surface area contributed by atoms with Crippen molar-refractivity contribution in [3.05, 3.63) is 0 Å². The summed E-state index contributed by atoms with van der Waals surface area (Å²) in [5.74, 6) is -1.52. The third kappa shape index (κ3) is 4.94. The molecule has 0 aliphatic rings. The number of carboxylic acids is 1. The molecule has 0 saturated carbocycles. The number of carboxylic acid groups (broad SMARTS) is 1. The summed E-state index contributed by atoms with van der Waals surface area (Å²) in [6.45, 7) is -0.890. The van der Waals surface area contributed by atoms with Crippen LogP contribution in [-0.2, 0) is 13.9 Å². The summed E-state index contributed by atoms with van der Waals surface area (Å²) in [6.07, 6.45) is -1.63. The minimum absolute atomic E-state index is 0.890. The Morgan fingerprint density at radius 3 is 2.23 bits per heavy atom. The van der Waals surface area contributed by atoms with Crippen molar-refractivity contribution in [3.63, 3.8) is 0 Å². The van der Waals surface area contributed by atoms with Crippen LogP contribution < -0.4 is 5.73 Å². The van der Waals surface area contributed by atoms with E-state index >= 15 is 0 Å². The molecule has 0 saturated heterocycles. The summed E-state index contributed by atoms with van der Waals surface area (Å²) in [7, 11) is -4.84. The predicted molar refractivity (Wildman–Crippen MR) is 39.6 cm³/mol. The van der Waals surface area contributed by atoms with Crippen LogP contribution in [0, 0.1) is 0 Å². The monoisotopic (exact) mass is 215 g/mol. The number of hydrogen-bond donors (Lipinski definition) is 5. The number of aliphatic hydroxyl groups is 1. The quantitative estimate of drug-likeness (QED) is 0.326. The molecule has 0 aromatic carbocycles. The lowest BCUT2D eigenvalue weighted by Gasteiger charge is -2.18. The highest BCUT2D eigenvalue weighted by molar-refractivity contribution is 7.46. The van der Waals surface area contributed by atoms with Crippen LogP contribution in [0.2, 0.25) is 0 Å². The summed E-state index contributed by atoms with van der Waals surface area (Å²) in [6, 6.07) is -1.68. The summed E-state index contributed by atoms with van der Waals surface area (Å²) in [4.78, 5) is 26.8. The molecule has 0 bridgehead atoms. The van der Waals surface area contributed by atoms with Crippen molar-refractivity contribution in [1.29, 1.82) is 0 Å². The molecule has 78 valence electrons. The molecule has 0 aromatic heterocycles. The smallest absolute Gasteiger partial charge is 0.470 e. The van der Waals surface area contributed by atoms with Crippen LogP contribution >= 0.6 is 7.82 Å². The largest absolute Gasteiger partial charge is 0.480 e. The van der Waals surface area contributed by atoms with Gasteiger partial charge in [0.2, 0.25) is 0 Å². The van der Waals surface area contributed by atoms with Crippen molar-refractivity contribution >= 4 is 13.8 Å². The van der Waals surface area contributed by atoms with Gasteiger partial charge in [-0.1, -0.05) is 0 Å². The Morgan fingerprint density at radius 2 is 2.00 bits per heavy atom. The number of carbonyl (C=O) groups is 1. The number of phosphoric acid groups is 1. The van der Waals surface area contributed by atoms with Gasteiger partial charge < -0.3 is 25.7 Å². The molecule has 0 spiro atoms. The lowest BCUT2D eigenvalue weighted by molar-refractivity contribution is -0.141. The average Bonchev–Trinajstić information content (AvgIpc) is 1.97. The van der Waals surface area contributed by atoms with Crippen molar-refractivity contribution < 1.29 is 33.9 Å². The molecule has 0 heterocycles. The lowest BCUT2D eigenvalue weighted by Crippen LogP contribution is -2.44. The van der Waals surface area contributed by atoms with Crippen LogP contribution in [0.3, 0.4) is 0 Å². The van der Waals surface area contributed by atoms with Gasteiger partial charge in [0.05, 0.1) is 6.61 Å². The Balaban J connectivity index is 4.35. The van der Waals surface area contributed by atoms with Gasteiger partial charge in [0, 0.05) is 0 Å². The summed E-state index contributed by atoms with van der Waals surface area (Å²) >= 11 is 0. The molecule has 0 fully saturated rings. The van der Waals surface area contributed by atoms with E-state index in [0.29, 0.717) is 0 Å². The van der Waals surface area contributed by atoms with E-state index in [9.17, 15) is 9.36 Å². The van der Waals surface area contributed by atoms with E-state index in [1.165, 1.54) is 0 Å². The summed E-state index contributed by atoms with van der Waals surface area (Å²) < 4.78 is 14.2. The van der Waals surface area contributed by atoms with Gasteiger partial charge in [0.15, 0.2) is 0 Å².